The summed E-state index contributed by atoms with van der Waals surface area (Å²) in [6.07, 6.45) is 0.573. The molecule has 0 radical (unpaired) electrons. The predicted octanol–water partition coefficient (Wildman–Crippen LogP) is 2.23. The minimum Gasteiger partial charge on any atom is -0.502 e. The molecule has 1 amide bonds. The number of aryl methyl sites for hydroxylation is 1. The molecule has 2 aromatic carbocycles. The van der Waals surface area contributed by atoms with Crippen LogP contribution in [0.25, 0.3) is 10.9 Å². The van der Waals surface area contributed by atoms with E-state index in [0.717, 1.165) is 5.56 Å². The topological polar surface area (TPSA) is 80.6 Å². The van der Waals surface area contributed by atoms with Gasteiger partial charge in [0.2, 0.25) is 0 Å². The molecule has 1 atom stereocenters. The molecule has 6 heteroatoms. The van der Waals surface area contributed by atoms with Crippen molar-refractivity contribution >= 4 is 16.8 Å². The number of aromatic hydroxyl groups is 1. The third-order valence-corrected chi connectivity index (χ3v) is 4.53. The van der Waals surface area contributed by atoms with Gasteiger partial charge in [-0.05, 0) is 18.1 Å². The van der Waals surface area contributed by atoms with Crippen LogP contribution in [0.15, 0.2) is 59.4 Å². The maximum absolute atomic E-state index is 12.9. The van der Waals surface area contributed by atoms with Crippen LogP contribution in [0.1, 0.15) is 15.9 Å². The van der Waals surface area contributed by atoms with Gasteiger partial charge in [-0.3, -0.25) is 9.59 Å². The normalized spacial score (nSPS) is 12.1. The molecule has 0 fully saturated rings. The van der Waals surface area contributed by atoms with Crippen LogP contribution in [0.3, 0.4) is 0 Å². The summed E-state index contributed by atoms with van der Waals surface area (Å²) in [6, 6.07) is 16.4. The van der Waals surface area contributed by atoms with Gasteiger partial charge in [-0.1, -0.05) is 48.5 Å². The van der Waals surface area contributed by atoms with Gasteiger partial charge in [0.15, 0.2) is 5.75 Å². The Balaban J connectivity index is 1.96. The minimum absolute atomic E-state index is 0.0112. The van der Waals surface area contributed by atoms with Gasteiger partial charge >= 0.3 is 0 Å². The average Bonchev–Trinajstić information content (AvgIpc) is 2.67. The summed E-state index contributed by atoms with van der Waals surface area (Å²) in [7, 11) is 3.13. The third-order valence-electron chi connectivity index (χ3n) is 4.53. The molecule has 0 saturated heterocycles. The Morgan fingerprint density at radius 3 is 2.52 bits per heavy atom. The highest BCUT2D eigenvalue weighted by atomic mass is 16.5. The van der Waals surface area contributed by atoms with E-state index in [1.807, 2.05) is 30.3 Å². The van der Waals surface area contributed by atoms with E-state index in [1.54, 1.807) is 38.4 Å². The number of amides is 1. The van der Waals surface area contributed by atoms with Crippen molar-refractivity contribution in [1.29, 1.82) is 0 Å². The summed E-state index contributed by atoms with van der Waals surface area (Å²) in [5, 5.41) is 13.8. The second kappa shape index (κ2) is 8.05. The van der Waals surface area contributed by atoms with Gasteiger partial charge in [0.05, 0.1) is 23.7 Å². The Hall–Kier alpha value is -3.12. The Morgan fingerprint density at radius 1 is 1.15 bits per heavy atom. The Kier molecular flexibility index (Phi) is 5.57. The van der Waals surface area contributed by atoms with E-state index in [4.69, 9.17) is 4.74 Å². The largest absolute Gasteiger partial charge is 0.502 e. The van der Waals surface area contributed by atoms with Gasteiger partial charge in [-0.25, -0.2) is 0 Å². The zero-order chi connectivity index (χ0) is 19.4. The molecule has 3 aromatic rings. The summed E-state index contributed by atoms with van der Waals surface area (Å²) in [6.45, 7) is 0.310. The predicted molar refractivity (Wildman–Crippen MR) is 104 cm³/mol. The molecule has 1 heterocycles. The lowest BCUT2D eigenvalue weighted by Gasteiger charge is -2.19. The second-order valence-corrected chi connectivity index (χ2v) is 6.42. The number of methoxy groups -OCH3 is 1. The summed E-state index contributed by atoms with van der Waals surface area (Å²) >= 11 is 0. The highest BCUT2D eigenvalue weighted by Crippen LogP contribution is 2.23. The molecule has 0 aliphatic carbocycles. The lowest BCUT2D eigenvalue weighted by Crippen LogP contribution is -2.40. The number of carbonyl (C=O) groups excluding carboxylic acids is 1. The number of carbonyl (C=O) groups is 1. The molecule has 3 rings (SSSR count). The number of aromatic nitrogens is 1. The molecular weight excluding hydrogens is 344 g/mol. The van der Waals surface area contributed by atoms with Crippen LogP contribution in [0.5, 0.6) is 5.75 Å². The van der Waals surface area contributed by atoms with E-state index in [1.165, 1.54) is 4.57 Å². The van der Waals surface area contributed by atoms with Crippen LogP contribution < -0.4 is 10.9 Å². The van der Waals surface area contributed by atoms with Gasteiger partial charge in [0.1, 0.15) is 0 Å². The van der Waals surface area contributed by atoms with Gasteiger partial charge in [-0.15, -0.1) is 0 Å². The minimum atomic E-state index is -0.606. The summed E-state index contributed by atoms with van der Waals surface area (Å²) in [5.41, 5.74) is 1.02. The Bertz CT molecular complexity index is 1010. The molecule has 0 aliphatic heterocycles. The number of para-hydroxylation sites is 1. The van der Waals surface area contributed by atoms with Crippen LogP contribution in [-0.4, -0.2) is 35.3 Å². The number of fused-ring (bicyclic) bond motifs is 1. The number of benzene rings is 2. The maximum atomic E-state index is 12.9. The SMILES string of the molecule is COCC(Cc1ccccc1)NC(=O)c1c(O)c(=O)n(C)c2ccccc12. The number of nitrogens with zero attached hydrogens (tertiary/aromatic N) is 1. The number of rotatable bonds is 6. The van der Waals surface area contributed by atoms with Crippen molar-refractivity contribution < 1.29 is 14.6 Å². The molecular formula is C21H22N2O4. The number of hydrogen-bond acceptors (Lipinski definition) is 4. The fraction of sp³-hybridized carbons (Fsp3) is 0.238. The average molecular weight is 366 g/mol. The van der Waals surface area contributed by atoms with Crippen LogP contribution in [0, 0.1) is 0 Å². The summed E-state index contributed by atoms with van der Waals surface area (Å²) < 4.78 is 6.56. The molecule has 6 nitrogen and oxygen atoms in total. The molecule has 2 N–H and O–H groups in total. The quantitative estimate of drug-likeness (QED) is 0.701. The lowest BCUT2D eigenvalue weighted by molar-refractivity contribution is 0.0895. The van der Waals surface area contributed by atoms with Crippen molar-refractivity contribution in [1.82, 2.24) is 9.88 Å². The van der Waals surface area contributed by atoms with Crippen LogP contribution in [0.4, 0.5) is 0 Å². The van der Waals surface area contributed by atoms with E-state index >= 15 is 0 Å². The lowest BCUT2D eigenvalue weighted by atomic mass is 10.0. The Morgan fingerprint density at radius 2 is 1.81 bits per heavy atom. The molecule has 0 bridgehead atoms. The first-order chi connectivity index (χ1) is 13.0. The maximum Gasteiger partial charge on any atom is 0.293 e. The van der Waals surface area contributed by atoms with Gasteiger partial charge < -0.3 is 19.7 Å². The monoisotopic (exact) mass is 366 g/mol. The number of nitrogens with one attached hydrogen (secondary N) is 1. The molecule has 1 unspecified atom stereocenters. The van der Waals surface area contributed by atoms with Gasteiger partial charge in [0, 0.05) is 19.5 Å². The van der Waals surface area contributed by atoms with E-state index < -0.39 is 17.2 Å². The van der Waals surface area contributed by atoms with Crippen molar-refractivity contribution in [2.24, 2.45) is 7.05 Å². The van der Waals surface area contributed by atoms with Crippen molar-refractivity contribution in [3.63, 3.8) is 0 Å². The molecule has 1 aromatic heterocycles. The van der Waals surface area contributed by atoms with Crippen LogP contribution >= 0.6 is 0 Å². The van der Waals surface area contributed by atoms with Gasteiger partial charge in [0.25, 0.3) is 11.5 Å². The van der Waals surface area contributed by atoms with E-state index in [-0.39, 0.29) is 11.6 Å². The smallest absolute Gasteiger partial charge is 0.293 e. The van der Waals surface area contributed by atoms with E-state index in [2.05, 4.69) is 5.32 Å². The van der Waals surface area contributed by atoms with Crippen molar-refractivity contribution in [2.45, 2.75) is 12.5 Å². The number of pyridine rings is 1. The molecule has 140 valence electrons. The number of ether oxygens (including phenoxy) is 1. The molecule has 0 spiro atoms. The standard InChI is InChI=1S/C21H22N2O4/c1-23-17-11-7-6-10-16(17)18(19(24)21(23)26)20(25)22-15(13-27-2)12-14-8-4-3-5-9-14/h3-11,15,24H,12-13H2,1-2H3,(H,22,25). The van der Waals surface area contributed by atoms with Crippen molar-refractivity contribution in [2.75, 3.05) is 13.7 Å². The van der Waals surface area contributed by atoms with E-state index in [9.17, 15) is 14.7 Å². The first-order valence-corrected chi connectivity index (χ1v) is 8.67. The first-order valence-electron chi connectivity index (χ1n) is 8.67. The second-order valence-electron chi connectivity index (χ2n) is 6.42. The summed E-state index contributed by atoms with van der Waals surface area (Å²) in [4.78, 5) is 25.3. The van der Waals surface area contributed by atoms with Crippen molar-refractivity contribution in [3.8, 4) is 5.75 Å². The zero-order valence-electron chi connectivity index (χ0n) is 15.3. The van der Waals surface area contributed by atoms with Crippen LogP contribution in [0.2, 0.25) is 0 Å². The highest BCUT2D eigenvalue weighted by Gasteiger charge is 2.23. The van der Waals surface area contributed by atoms with Crippen LogP contribution in [-0.2, 0) is 18.2 Å². The van der Waals surface area contributed by atoms with E-state index in [0.29, 0.717) is 23.9 Å². The van der Waals surface area contributed by atoms with Gasteiger partial charge in [-0.2, -0.15) is 0 Å². The fourth-order valence-corrected chi connectivity index (χ4v) is 3.22. The first kappa shape index (κ1) is 18.7. The molecule has 27 heavy (non-hydrogen) atoms. The fourth-order valence-electron chi connectivity index (χ4n) is 3.22. The Labute approximate surface area is 157 Å². The zero-order valence-corrected chi connectivity index (χ0v) is 15.3. The third kappa shape index (κ3) is 3.85. The highest BCUT2D eigenvalue weighted by molar-refractivity contribution is 6.08. The molecule has 0 aliphatic rings. The molecule has 0 saturated carbocycles. The number of hydrogen-bond donors (Lipinski definition) is 2. The van der Waals surface area contributed by atoms with Crippen molar-refractivity contribution in [3.05, 3.63) is 76.1 Å². The summed E-state index contributed by atoms with van der Waals surface area (Å²) in [5.74, 6) is -1.05.